The van der Waals surface area contributed by atoms with Crippen LogP contribution in [0.4, 0.5) is 5.69 Å². The molecule has 0 bridgehead atoms. The van der Waals surface area contributed by atoms with E-state index in [-0.39, 0.29) is 11.8 Å². The summed E-state index contributed by atoms with van der Waals surface area (Å²) in [7, 11) is 0. The molecule has 0 aliphatic heterocycles. The normalized spacial score (nSPS) is 19.9. The highest BCUT2D eigenvalue weighted by Crippen LogP contribution is 2.32. The number of para-hydroxylation sites is 2. The van der Waals surface area contributed by atoms with Crippen LogP contribution in [-0.4, -0.2) is 12.5 Å². The molecule has 0 spiro atoms. The number of amides is 1. The summed E-state index contributed by atoms with van der Waals surface area (Å²) in [6.45, 7) is 1.00. The molecule has 0 aromatic heterocycles. The molecule has 0 radical (unpaired) electrons. The maximum Gasteiger partial charge on any atom is 0.227 e. The molecule has 3 N–H and O–H groups in total. The molecule has 0 saturated heterocycles. The van der Waals surface area contributed by atoms with E-state index in [0.29, 0.717) is 19.1 Å². The van der Waals surface area contributed by atoms with Crippen molar-refractivity contribution < 1.29 is 9.53 Å². The number of hydrogen-bond donors (Lipinski definition) is 2. The largest absolute Gasteiger partial charge is 0.489 e. The highest BCUT2D eigenvalue weighted by atomic mass is 16.5. The monoisotopic (exact) mass is 324 g/mol. The molecular formula is C20H24N2O2. The molecule has 0 unspecified atom stereocenters. The van der Waals surface area contributed by atoms with Gasteiger partial charge in [0, 0.05) is 17.2 Å². The minimum absolute atomic E-state index is 0.0260. The number of hydrogen-bond acceptors (Lipinski definition) is 3. The van der Waals surface area contributed by atoms with Crippen molar-refractivity contribution in [1.82, 2.24) is 0 Å². The molecule has 4 heteroatoms. The van der Waals surface area contributed by atoms with Crippen molar-refractivity contribution in [2.75, 3.05) is 11.9 Å². The lowest BCUT2D eigenvalue weighted by Gasteiger charge is -2.19. The third-order valence-corrected chi connectivity index (χ3v) is 4.71. The van der Waals surface area contributed by atoms with E-state index < -0.39 is 0 Å². The van der Waals surface area contributed by atoms with Gasteiger partial charge in [-0.25, -0.2) is 0 Å². The minimum Gasteiger partial charge on any atom is -0.489 e. The maximum absolute atomic E-state index is 12.6. The molecule has 24 heavy (non-hydrogen) atoms. The van der Waals surface area contributed by atoms with Gasteiger partial charge in [-0.3, -0.25) is 4.79 Å². The van der Waals surface area contributed by atoms with Gasteiger partial charge in [-0.15, -0.1) is 0 Å². The number of anilines is 1. The van der Waals surface area contributed by atoms with Gasteiger partial charge in [-0.05, 0) is 43.5 Å². The third kappa shape index (κ3) is 3.95. The van der Waals surface area contributed by atoms with E-state index in [2.05, 4.69) is 5.32 Å². The van der Waals surface area contributed by atoms with Gasteiger partial charge in [0.2, 0.25) is 5.91 Å². The predicted molar refractivity (Wildman–Crippen MR) is 95.7 cm³/mol. The summed E-state index contributed by atoms with van der Waals surface area (Å²) in [5.41, 5.74) is 7.59. The lowest BCUT2D eigenvalue weighted by Crippen LogP contribution is -2.30. The fourth-order valence-corrected chi connectivity index (χ4v) is 3.34. The molecule has 2 aromatic rings. The van der Waals surface area contributed by atoms with Crippen LogP contribution in [0, 0.1) is 11.8 Å². The Hall–Kier alpha value is -2.33. The first-order chi connectivity index (χ1) is 11.8. The zero-order valence-corrected chi connectivity index (χ0v) is 13.8. The van der Waals surface area contributed by atoms with Crippen molar-refractivity contribution in [2.45, 2.75) is 25.9 Å². The summed E-state index contributed by atoms with van der Waals surface area (Å²) in [4.78, 5) is 12.6. The second-order valence-electron chi connectivity index (χ2n) is 6.28. The fraction of sp³-hybridized carbons (Fsp3) is 0.350. The fourth-order valence-electron chi connectivity index (χ4n) is 3.34. The van der Waals surface area contributed by atoms with Crippen LogP contribution in [0.1, 0.15) is 24.8 Å². The van der Waals surface area contributed by atoms with E-state index in [1.165, 1.54) is 0 Å². The first-order valence-electron chi connectivity index (χ1n) is 8.54. The topological polar surface area (TPSA) is 64.4 Å². The molecule has 1 aliphatic rings. The molecule has 2 aromatic carbocycles. The Kier molecular flexibility index (Phi) is 5.49. The molecule has 1 aliphatic carbocycles. The smallest absolute Gasteiger partial charge is 0.227 e. The standard InChI is InChI=1S/C20H24N2O2/c21-13-15-8-6-11-18(15)20(23)22-19-12-5-4-7-16(19)14-24-17-9-2-1-3-10-17/h1-5,7,9-10,12,15,18H,6,8,11,13-14,21H2,(H,22,23)/t15-,18-/m1/s1. The van der Waals surface area contributed by atoms with Gasteiger partial charge in [0.05, 0.1) is 0 Å². The number of nitrogens with one attached hydrogen (secondary N) is 1. The molecule has 1 amide bonds. The lowest BCUT2D eigenvalue weighted by molar-refractivity contribution is -0.120. The number of rotatable bonds is 6. The van der Waals surface area contributed by atoms with Crippen molar-refractivity contribution in [3.8, 4) is 5.75 Å². The molecule has 1 fully saturated rings. The summed E-state index contributed by atoms with van der Waals surface area (Å²) in [6.07, 6.45) is 3.06. The first-order valence-corrected chi connectivity index (χ1v) is 8.54. The summed E-state index contributed by atoms with van der Waals surface area (Å²) in [5, 5.41) is 3.08. The van der Waals surface area contributed by atoms with E-state index in [0.717, 1.165) is 36.3 Å². The van der Waals surface area contributed by atoms with Gasteiger partial charge in [0.25, 0.3) is 0 Å². The molecule has 2 atom stereocenters. The van der Waals surface area contributed by atoms with E-state index in [1.807, 2.05) is 54.6 Å². The van der Waals surface area contributed by atoms with Gasteiger partial charge in [0.1, 0.15) is 12.4 Å². The number of carbonyl (C=O) groups is 1. The maximum atomic E-state index is 12.6. The predicted octanol–water partition coefficient (Wildman–Crippen LogP) is 3.58. The highest BCUT2D eigenvalue weighted by molar-refractivity contribution is 5.93. The van der Waals surface area contributed by atoms with Crippen molar-refractivity contribution >= 4 is 11.6 Å². The zero-order chi connectivity index (χ0) is 16.8. The summed E-state index contributed by atoms with van der Waals surface area (Å²) in [5.74, 6) is 1.23. The zero-order valence-electron chi connectivity index (χ0n) is 13.8. The number of benzene rings is 2. The second-order valence-corrected chi connectivity index (χ2v) is 6.28. The molecule has 126 valence electrons. The molecule has 1 saturated carbocycles. The van der Waals surface area contributed by atoms with Crippen LogP contribution in [0.5, 0.6) is 5.75 Å². The SMILES string of the molecule is NC[C@H]1CCC[C@H]1C(=O)Nc1ccccc1COc1ccccc1. The Morgan fingerprint density at radius 1 is 1.08 bits per heavy atom. The third-order valence-electron chi connectivity index (χ3n) is 4.71. The number of ether oxygens (including phenoxy) is 1. The minimum atomic E-state index is 0.0260. The Morgan fingerprint density at radius 3 is 2.62 bits per heavy atom. The van der Waals surface area contributed by atoms with Gasteiger partial charge in [-0.2, -0.15) is 0 Å². The van der Waals surface area contributed by atoms with E-state index in [4.69, 9.17) is 10.5 Å². The Morgan fingerprint density at radius 2 is 1.83 bits per heavy atom. The Labute approximate surface area is 143 Å². The van der Waals surface area contributed by atoms with Crippen molar-refractivity contribution in [1.29, 1.82) is 0 Å². The van der Waals surface area contributed by atoms with E-state index in [9.17, 15) is 4.79 Å². The lowest BCUT2D eigenvalue weighted by atomic mass is 9.95. The summed E-state index contributed by atoms with van der Waals surface area (Å²) < 4.78 is 5.81. The van der Waals surface area contributed by atoms with Crippen LogP contribution in [-0.2, 0) is 11.4 Å². The average Bonchev–Trinajstić information content (AvgIpc) is 3.11. The van der Waals surface area contributed by atoms with Crippen LogP contribution in [0.15, 0.2) is 54.6 Å². The van der Waals surface area contributed by atoms with Crippen LogP contribution in [0.25, 0.3) is 0 Å². The highest BCUT2D eigenvalue weighted by Gasteiger charge is 2.32. The molecular weight excluding hydrogens is 300 g/mol. The average molecular weight is 324 g/mol. The van der Waals surface area contributed by atoms with Crippen LogP contribution >= 0.6 is 0 Å². The van der Waals surface area contributed by atoms with Crippen molar-refractivity contribution in [2.24, 2.45) is 17.6 Å². The first kappa shape index (κ1) is 16.5. The number of nitrogens with two attached hydrogens (primary N) is 1. The Balaban J connectivity index is 1.66. The van der Waals surface area contributed by atoms with Gasteiger partial charge < -0.3 is 15.8 Å². The molecule has 0 heterocycles. The second kappa shape index (κ2) is 7.97. The van der Waals surface area contributed by atoms with Crippen LogP contribution in [0.2, 0.25) is 0 Å². The number of carbonyl (C=O) groups excluding carboxylic acids is 1. The van der Waals surface area contributed by atoms with Gasteiger partial charge in [0.15, 0.2) is 0 Å². The van der Waals surface area contributed by atoms with E-state index >= 15 is 0 Å². The summed E-state index contributed by atoms with van der Waals surface area (Å²) in [6, 6.07) is 17.5. The Bertz CT molecular complexity index is 672. The van der Waals surface area contributed by atoms with Crippen LogP contribution < -0.4 is 15.8 Å². The summed E-state index contributed by atoms with van der Waals surface area (Å²) >= 11 is 0. The van der Waals surface area contributed by atoms with E-state index in [1.54, 1.807) is 0 Å². The molecule has 3 rings (SSSR count). The van der Waals surface area contributed by atoms with Crippen molar-refractivity contribution in [3.63, 3.8) is 0 Å². The quantitative estimate of drug-likeness (QED) is 0.853. The molecule has 4 nitrogen and oxygen atoms in total. The van der Waals surface area contributed by atoms with Gasteiger partial charge >= 0.3 is 0 Å². The van der Waals surface area contributed by atoms with Crippen LogP contribution in [0.3, 0.4) is 0 Å². The van der Waals surface area contributed by atoms with Crippen molar-refractivity contribution in [3.05, 3.63) is 60.2 Å². The van der Waals surface area contributed by atoms with Gasteiger partial charge in [-0.1, -0.05) is 42.8 Å².